The Morgan fingerprint density at radius 2 is 1.96 bits per heavy atom. The van der Waals surface area contributed by atoms with Crippen molar-refractivity contribution in [2.24, 2.45) is 0 Å². The molecule has 1 heterocycles. The highest BCUT2D eigenvalue weighted by atomic mass is 19.4. The van der Waals surface area contributed by atoms with E-state index >= 15 is 0 Å². The SMILES string of the molecule is CC(Cc1ccc(C(F)(F)F)cc1)NC(=O)NC1CCN(C)C1=O. The zero-order chi connectivity index (χ0) is 17.9. The number of rotatable bonds is 4. The number of benzene rings is 1. The first kappa shape index (κ1) is 18.1. The van der Waals surface area contributed by atoms with Gasteiger partial charge >= 0.3 is 12.2 Å². The van der Waals surface area contributed by atoms with Gasteiger partial charge in [-0.15, -0.1) is 0 Å². The molecule has 0 saturated carbocycles. The number of nitrogens with zero attached hydrogens (tertiary/aromatic N) is 1. The van der Waals surface area contributed by atoms with Crippen molar-refractivity contribution in [3.8, 4) is 0 Å². The van der Waals surface area contributed by atoms with E-state index in [0.29, 0.717) is 24.9 Å². The number of carbonyl (C=O) groups is 2. The molecule has 24 heavy (non-hydrogen) atoms. The Balaban J connectivity index is 1.83. The van der Waals surface area contributed by atoms with Gasteiger partial charge in [-0.25, -0.2) is 4.79 Å². The molecule has 1 fully saturated rings. The second-order valence-corrected chi connectivity index (χ2v) is 6.02. The number of halogens is 3. The fraction of sp³-hybridized carbons (Fsp3) is 0.500. The molecule has 5 nitrogen and oxygen atoms in total. The number of hydrogen-bond acceptors (Lipinski definition) is 2. The minimum Gasteiger partial charge on any atom is -0.344 e. The summed E-state index contributed by atoms with van der Waals surface area (Å²) in [5.74, 6) is -0.124. The van der Waals surface area contributed by atoms with Crippen LogP contribution in [-0.4, -0.2) is 42.5 Å². The minimum absolute atomic E-state index is 0.124. The summed E-state index contributed by atoms with van der Waals surface area (Å²) in [6.45, 7) is 2.35. The van der Waals surface area contributed by atoms with Gasteiger partial charge in [0.15, 0.2) is 0 Å². The normalized spacial score (nSPS) is 19.3. The lowest BCUT2D eigenvalue weighted by Gasteiger charge is -2.17. The van der Waals surface area contributed by atoms with Gasteiger partial charge in [0.1, 0.15) is 6.04 Å². The summed E-state index contributed by atoms with van der Waals surface area (Å²) in [5, 5.41) is 5.31. The Bertz CT molecular complexity index is 602. The smallest absolute Gasteiger partial charge is 0.344 e. The van der Waals surface area contributed by atoms with Crippen molar-refractivity contribution < 1.29 is 22.8 Å². The Hall–Kier alpha value is -2.25. The van der Waals surface area contributed by atoms with E-state index in [9.17, 15) is 22.8 Å². The van der Waals surface area contributed by atoms with Crippen molar-refractivity contribution in [2.75, 3.05) is 13.6 Å². The lowest BCUT2D eigenvalue weighted by atomic mass is 10.1. The average molecular weight is 343 g/mol. The molecular weight excluding hydrogens is 323 g/mol. The second kappa shape index (κ2) is 7.11. The van der Waals surface area contributed by atoms with Gasteiger partial charge in [0.2, 0.25) is 5.91 Å². The molecule has 2 N–H and O–H groups in total. The van der Waals surface area contributed by atoms with E-state index in [2.05, 4.69) is 10.6 Å². The Kier molecular flexibility index (Phi) is 5.36. The maximum atomic E-state index is 12.5. The van der Waals surface area contributed by atoms with E-state index in [1.807, 2.05) is 0 Å². The second-order valence-electron chi connectivity index (χ2n) is 6.02. The minimum atomic E-state index is -4.36. The average Bonchev–Trinajstić information content (AvgIpc) is 2.78. The highest BCUT2D eigenvalue weighted by molar-refractivity contribution is 5.88. The van der Waals surface area contributed by atoms with Crippen molar-refractivity contribution in [1.29, 1.82) is 0 Å². The molecular formula is C16H20F3N3O2. The van der Waals surface area contributed by atoms with Crippen LogP contribution in [0.2, 0.25) is 0 Å². The summed E-state index contributed by atoms with van der Waals surface area (Å²) in [6, 6.07) is 3.58. The molecule has 132 valence electrons. The maximum absolute atomic E-state index is 12.5. The molecule has 2 unspecified atom stereocenters. The molecule has 0 bridgehead atoms. The molecule has 2 rings (SSSR count). The van der Waals surface area contributed by atoms with Gasteiger partial charge in [0.05, 0.1) is 5.56 Å². The number of carbonyl (C=O) groups excluding carboxylic acids is 2. The van der Waals surface area contributed by atoms with Crippen LogP contribution in [0.1, 0.15) is 24.5 Å². The van der Waals surface area contributed by atoms with Crippen LogP contribution in [-0.2, 0) is 17.4 Å². The summed E-state index contributed by atoms with van der Waals surface area (Å²) >= 11 is 0. The van der Waals surface area contributed by atoms with Crippen molar-refractivity contribution in [3.63, 3.8) is 0 Å². The van der Waals surface area contributed by atoms with Crippen LogP contribution in [0, 0.1) is 0 Å². The van der Waals surface area contributed by atoms with E-state index < -0.39 is 23.8 Å². The van der Waals surface area contributed by atoms with Crippen LogP contribution < -0.4 is 10.6 Å². The van der Waals surface area contributed by atoms with E-state index in [1.54, 1.807) is 18.9 Å². The molecule has 1 aliphatic heterocycles. The molecule has 0 spiro atoms. The molecule has 0 radical (unpaired) electrons. The summed E-state index contributed by atoms with van der Waals surface area (Å²) in [6.07, 6.45) is -3.40. The highest BCUT2D eigenvalue weighted by Gasteiger charge is 2.31. The van der Waals surface area contributed by atoms with Crippen LogP contribution in [0.5, 0.6) is 0 Å². The van der Waals surface area contributed by atoms with Crippen molar-refractivity contribution >= 4 is 11.9 Å². The summed E-state index contributed by atoms with van der Waals surface area (Å²) in [5.41, 5.74) is -0.0130. The third-order valence-electron chi connectivity index (χ3n) is 3.93. The van der Waals surface area contributed by atoms with Gasteiger partial charge in [0.25, 0.3) is 0 Å². The van der Waals surface area contributed by atoms with Gasteiger partial charge in [0, 0.05) is 19.6 Å². The monoisotopic (exact) mass is 343 g/mol. The predicted octanol–water partition coefficient (Wildman–Crippen LogP) is 2.17. The largest absolute Gasteiger partial charge is 0.416 e. The summed E-state index contributed by atoms with van der Waals surface area (Å²) in [7, 11) is 1.68. The molecule has 1 aliphatic rings. The predicted molar refractivity (Wildman–Crippen MR) is 82.3 cm³/mol. The zero-order valence-electron chi connectivity index (χ0n) is 13.5. The first-order valence-corrected chi connectivity index (χ1v) is 7.65. The van der Waals surface area contributed by atoms with Gasteiger partial charge in [-0.3, -0.25) is 4.79 Å². The molecule has 1 aromatic rings. The zero-order valence-corrected chi connectivity index (χ0v) is 13.5. The molecule has 8 heteroatoms. The Labute approximate surface area is 138 Å². The molecule has 3 amide bonds. The van der Waals surface area contributed by atoms with Crippen molar-refractivity contribution in [1.82, 2.24) is 15.5 Å². The first-order valence-electron chi connectivity index (χ1n) is 7.65. The fourth-order valence-electron chi connectivity index (χ4n) is 2.61. The maximum Gasteiger partial charge on any atom is 0.416 e. The standard InChI is InChI=1S/C16H20F3N3O2/c1-10(9-11-3-5-12(6-4-11)16(17,18)19)20-15(24)21-13-7-8-22(2)14(13)23/h3-6,10,13H,7-9H2,1-2H3,(H2,20,21,24). The quantitative estimate of drug-likeness (QED) is 0.880. The van der Waals surface area contributed by atoms with Gasteiger partial charge in [-0.05, 0) is 37.5 Å². The van der Waals surface area contributed by atoms with E-state index in [-0.39, 0.29) is 11.9 Å². The number of alkyl halides is 3. The fourth-order valence-corrected chi connectivity index (χ4v) is 2.61. The molecule has 0 aliphatic carbocycles. The van der Waals surface area contributed by atoms with E-state index in [1.165, 1.54) is 12.1 Å². The van der Waals surface area contributed by atoms with Gasteiger partial charge in [-0.1, -0.05) is 12.1 Å². The van der Waals surface area contributed by atoms with Crippen LogP contribution in [0.4, 0.5) is 18.0 Å². The van der Waals surface area contributed by atoms with E-state index in [0.717, 1.165) is 12.1 Å². The van der Waals surface area contributed by atoms with Crippen molar-refractivity contribution in [3.05, 3.63) is 35.4 Å². The van der Waals surface area contributed by atoms with Crippen LogP contribution in [0.15, 0.2) is 24.3 Å². The van der Waals surface area contributed by atoms with Crippen LogP contribution in [0.3, 0.4) is 0 Å². The number of amides is 3. The lowest BCUT2D eigenvalue weighted by molar-refractivity contribution is -0.137. The van der Waals surface area contributed by atoms with Gasteiger partial charge in [-0.2, -0.15) is 13.2 Å². The lowest BCUT2D eigenvalue weighted by Crippen LogP contribution is -2.48. The number of nitrogens with one attached hydrogen (secondary N) is 2. The number of urea groups is 1. The number of likely N-dealkylation sites (N-methyl/N-ethyl adjacent to an activating group) is 1. The number of likely N-dealkylation sites (tertiary alicyclic amines) is 1. The van der Waals surface area contributed by atoms with E-state index in [4.69, 9.17) is 0 Å². The summed E-state index contributed by atoms with van der Waals surface area (Å²) < 4.78 is 37.5. The van der Waals surface area contributed by atoms with Gasteiger partial charge < -0.3 is 15.5 Å². The topological polar surface area (TPSA) is 61.4 Å². The van der Waals surface area contributed by atoms with Crippen molar-refractivity contribution in [2.45, 2.75) is 38.0 Å². The molecule has 2 atom stereocenters. The first-order chi connectivity index (χ1) is 11.2. The van der Waals surface area contributed by atoms with Crippen LogP contribution in [0.25, 0.3) is 0 Å². The molecule has 1 saturated heterocycles. The Morgan fingerprint density at radius 1 is 1.33 bits per heavy atom. The third-order valence-corrected chi connectivity index (χ3v) is 3.93. The molecule has 1 aromatic carbocycles. The van der Waals surface area contributed by atoms with Crippen LogP contribution >= 0.6 is 0 Å². The third kappa shape index (κ3) is 4.62. The molecule has 0 aromatic heterocycles. The number of hydrogen-bond donors (Lipinski definition) is 2. The Morgan fingerprint density at radius 3 is 2.46 bits per heavy atom. The highest BCUT2D eigenvalue weighted by Crippen LogP contribution is 2.29. The summed E-state index contributed by atoms with van der Waals surface area (Å²) in [4.78, 5) is 25.2.